The Morgan fingerprint density at radius 2 is 1.94 bits per heavy atom. The average Bonchev–Trinajstić information content (AvgIpc) is 2.92. The van der Waals surface area contributed by atoms with Crippen LogP contribution in [-0.2, 0) is 9.47 Å². The van der Waals surface area contributed by atoms with Crippen LogP contribution in [0.25, 0.3) is 0 Å². The number of anilines is 1. The summed E-state index contributed by atoms with van der Waals surface area (Å²) in [6.45, 7) is 8.64. The van der Waals surface area contributed by atoms with E-state index in [0.717, 1.165) is 18.4 Å². The standard InChI is InChI=1S/C24H31ClFN3O3/c1-14-5-8-18(17(25)11-14)28-19-9-10-27-22(20(19)26)31-21-15-6-7-16(21)13-29(12-15)23(30)32-24(2,3)4/h5,8-11,15-16,19-21,28H,6-7,12-13H2,1-4H3. The van der Waals surface area contributed by atoms with Crippen LogP contribution in [0.1, 0.15) is 39.2 Å². The van der Waals surface area contributed by atoms with Gasteiger partial charge >= 0.3 is 6.09 Å². The highest BCUT2D eigenvalue weighted by atomic mass is 35.5. The van der Waals surface area contributed by atoms with Gasteiger partial charge < -0.3 is 19.7 Å². The number of rotatable bonds is 3. The smallest absolute Gasteiger partial charge is 0.410 e. The van der Waals surface area contributed by atoms with E-state index in [1.807, 2.05) is 45.9 Å². The largest absolute Gasteiger partial charge is 0.475 e. The maximum absolute atomic E-state index is 15.3. The molecule has 1 amide bonds. The van der Waals surface area contributed by atoms with Crippen molar-refractivity contribution < 1.29 is 18.7 Å². The SMILES string of the molecule is Cc1ccc(NC2C=CN=C(OC3C4CCC3CN(C(=O)OC(C)(C)C)C4)C2F)c(Cl)c1. The fourth-order valence-corrected chi connectivity index (χ4v) is 4.93. The quantitative estimate of drug-likeness (QED) is 0.655. The second kappa shape index (κ2) is 8.93. The van der Waals surface area contributed by atoms with Gasteiger partial charge in [0.1, 0.15) is 11.7 Å². The molecule has 2 heterocycles. The summed E-state index contributed by atoms with van der Waals surface area (Å²) in [6, 6.07) is 4.99. The molecule has 174 valence electrons. The molecule has 0 spiro atoms. The Bertz CT molecular complexity index is 916. The second-order valence-electron chi connectivity index (χ2n) is 9.93. The van der Waals surface area contributed by atoms with Crippen molar-refractivity contribution in [1.29, 1.82) is 0 Å². The van der Waals surface area contributed by atoms with Crippen molar-refractivity contribution >= 4 is 29.3 Å². The average molecular weight is 464 g/mol. The molecule has 1 saturated heterocycles. The molecule has 2 bridgehead atoms. The molecule has 6 nitrogen and oxygen atoms in total. The number of nitrogens with one attached hydrogen (secondary N) is 1. The number of amides is 1. The summed E-state index contributed by atoms with van der Waals surface area (Å²) in [6.07, 6.45) is 3.25. The summed E-state index contributed by atoms with van der Waals surface area (Å²) < 4.78 is 27.0. The Morgan fingerprint density at radius 3 is 2.56 bits per heavy atom. The minimum Gasteiger partial charge on any atom is -0.475 e. The fraction of sp³-hybridized carbons (Fsp3) is 0.583. The van der Waals surface area contributed by atoms with Crippen LogP contribution >= 0.6 is 11.6 Å². The zero-order chi connectivity index (χ0) is 23.0. The molecule has 0 radical (unpaired) electrons. The number of likely N-dealkylation sites (tertiary alicyclic amines) is 1. The molecule has 8 heteroatoms. The molecule has 1 N–H and O–H groups in total. The zero-order valence-electron chi connectivity index (χ0n) is 19.0. The van der Waals surface area contributed by atoms with Gasteiger partial charge in [0.2, 0.25) is 5.90 Å². The van der Waals surface area contributed by atoms with Crippen molar-refractivity contribution in [3.8, 4) is 0 Å². The lowest BCUT2D eigenvalue weighted by Crippen LogP contribution is -2.51. The summed E-state index contributed by atoms with van der Waals surface area (Å²) in [5.41, 5.74) is 1.17. The number of ether oxygens (including phenoxy) is 2. The molecule has 1 aromatic carbocycles. The summed E-state index contributed by atoms with van der Waals surface area (Å²) in [5.74, 6) is 0.362. The Hall–Kier alpha value is -2.28. The normalized spacial score (nSPS) is 29.5. The highest BCUT2D eigenvalue weighted by Crippen LogP contribution is 2.40. The third-order valence-corrected chi connectivity index (χ3v) is 6.46. The van der Waals surface area contributed by atoms with E-state index in [-0.39, 0.29) is 29.9 Å². The maximum Gasteiger partial charge on any atom is 0.410 e. The van der Waals surface area contributed by atoms with Crippen molar-refractivity contribution in [1.82, 2.24) is 4.90 Å². The van der Waals surface area contributed by atoms with Gasteiger partial charge in [0, 0.05) is 31.1 Å². The number of fused-ring (bicyclic) bond motifs is 2. The zero-order valence-corrected chi connectivity index (χ0v) is 19.7. The van der Waals surface area contributed by atoms with Gasteiger partial charge in [0.25, 0.3) is 0 Å². The van der Waals surface area contributed by atoms with Crippen LogP contribution in [0, 0.1) is 18.8 Å². The van der Waals surface area contributed by atoms with Crippen LogP contribution in [0.5, 0.6) is 0 Å². The number of hydrogen-bond donors (Lipinski definition) is 1. The number of carbonyl (C=O) groups excluding carboxylic acids is 1. The Morgan fingerprint density at radius 1 is 1.25 bits per heavy atom. The van der Waals surface area contributed by atoms with E-state index in [9.17, 15) is 4.79 Å². The fourth-order valence-electron chi connectivity index (χ4n) is 4.65. The van der Waals surface area contributed by atoms with Gasteiger partial charge in [0.15, 0.2) is 6.17 Å². The maximum atomic E-state index is 15.3. The van der Waals surface area contributed by atoms with E-state index in [1.54, 1.807) is 17.2 Å². The lowest BCUT2D eigenvalue weighted by atomic mass is 9.95. The first-order valence-electron chi connectivity index (χ1n) is 11.2. The van der Waals surface area contributed by atoms with Crippen molar-refractivity contribution in [2.45, 2.75) is 64.5 Å². The molecule has 4 unspecified atom stereocenters. The first-order chi connectivity index (χ1) is 15.1. The topological polar surface area (TPSA) is 63.2 Å². The first-order valence-corrected chi connectivity index (χ1v) is 11.5. The van der Waals surface area contributed by atoms with E-state index in [1.165, 1.54) is 0 Å². The van der Waals surface area contributed by atoms with E-state index < -0.39 is 17.8 Å². The summed E-state index contributed by atoms with van der Waals surface area (Å²) in [4.78, 5) is 18.4. The number of hydrogen-bond acceptors (Lipinski definition) is 5. The molecule has 4 rings (SSSR count). The Balaban J connectivity index is 1.39. The molecular formula is C24H31ClFN3O3. The summed E-state index contributed by atoms with van der Waals surface area (Å²) in [5, 5.41) is 3.70. The molecule has 0 aromatic heterocycles. The number of alkyl halides is 1. The second-order valence-corrected chi connectivity index (χ2v) is 10.3. The monoisotopic (exact) mass is 463 g/mol. The molecule has 4 atom stereocenters. The molecular weight excluding hydrogens is 433 g/mol. The lowest BCUT2D eigenvalue weighted by molar-refractivity contribution is -0.0118. The number of benzene rings is 1. The molecule has 32 heavy (non-hydrogen) atoms. The van der Waals surface area contributed by atoms with Gasteiger partial charge in [-0.25, -0.2) is 14.2 Å². The van der Waals surface area contributed by atoms with Crippen molar-refractivity contribution in [2.24, 2.45) is 16.8 Å². The van der Waals surface area contributed by atoms with Crippen LogP contribution in [-0.4, -0.2) is 53.9 Å². The van der Waals surface area contributed by atoms with Crippen LogP contribution in [0.3, 0.4) is 0 Å². The van der Waals surface area contributed by atoms with E-state index in [2.05, 4.69) is 10.3 Å². The number of carbonyl (C=O) groups is 1. The summed E-state index contributed by atoms with van der Waals surface area (Å²) >= 11 is 6.30. The lowest BCUT2D eigenvalue weighted by Gasteiger charge is -2.39. The number of aryl methyl sites for hydroxylation is 1. The molecule has 2 aliphatic heterocycles. The third kappa shape index (κ3) is 5.03. The molecule has 1 aliphatic carbocycles. The number of halogens is 2. The Kier molecular flexibility index (Phi) is 6.39. The van der Waals surface area contributed by atoms with Crippen LogP contribution in [0.2, 0.25) is 5.02 Å². The minimum atomic E-state index is -1.43. The number of piperidine rings is 1. The van der Waals surface area contributed by atoms with E-state index >= 15 is 4.39 Å². The minimum absolute atomic E-state index is 0.0841. The number of aliphatic imine (C=N–C) groups is 1. The van der Waals surface area contributed by atoms with Gasteiger partial charge in [-0.3, -0.25) is 0 Å². The summed E-state index contributed by atoms with van der Waals surface area (Å²) in [7, 11) is 0. The Labute approximate surface area is 193 Å². The molecule has 2 fully saturated rings. The molecule has 1 aromatic rings. The van der Waals surface area contributed by atoms with Crippen molar-refractivity contribution in [2.75, 3.05) is 18.4 Å². The van der Waals surface area contributed by atoms with Crippen LogP contribution in [0.4, 0.5) is 14.9 Å². The molecule has 1 saturated carbocycles. The van der Waals surface area contributed by atoms with Crippen LogP contribution < -0.4 is 5.32 Å². The molecule has 3 aliphatic rings. The van der Waals surface area contributed by atoms with Crippen molar-refractivity contribution in [3.63, 3.8) is 0 Å². The van der Waals surface area contributed by atoms with Crippen molar-refractivity contribution in [3.05, 3.63) is 41.1 Å². The van der Waals surface area contributed by atoms with Gasteiger partial charge in [-0.15, -0.1) is 0 Å². The third-order valence-electron chi connectivity index (χ3n) is 6.15. The van der Waals surface area contributed by atoms with Crippen LogP contribution in [0.15, 0.2) is 35.5 Å². The predicted octanol–water partition coefficient (Wildman–Crippen LogP) is 5.35. The van der Waals surface area contributed by atoms with E-state index in [4.69, 9.17) is 21.1 Å². The van der Waals surface area contributed by atoms with Gasteiger partial charge in [-0.05, 0) is 64.3 Å². The van der Waals surface area contributed by atoms with Gasteiger partial charge in [-0.1, -0.05) is 17.7 Å². The number of nitrogens with zero attached hydrogens (tertiary/aromatic N) is 2. The highest BCUT2D eigenvalue weighted by molar-refractivity contribution is 6.33. The first kappa shape index (κ1) is 22.9. The van der Waals surface area contributed by atoms with E-state index in [0.29, 0.717) is 23.8 Å². The van der Waals surface area contributed by atoms with Gasteiger partial charge in [0.05, 0.1) is 16.8 Å². The highest BCUT2D eigenvalue weighted by Gasteiger charge is 2.47. The van der Waals surface area contributed by atoms with Gasteiger partial charge in [-0.2, -0.15) is 0 Å². The predicted molar refractivity (Wildman–Crippen MR) is 124 cm³/mol.